The highest BCUT2D eigenvalue weighted by atomic mass is 16.5. The molecule has 23 heavy (non-hydrogen) atoms. The lowest BCUT2D eigenvalue weighted by Crippen LogP contribution is -2.29. The van der Waals surface area contributed by atoms with Gasteiger partial charge >= 0.3 is 0 Å². The van der Waals surface area contributed by atoms with Crippen LogP contribution in [0.5, 0.6) is 0 Å². The summed E-state index contributed by atoms with van der Waals surface area (Å²) >= 11 is 0. The highest BCUT2D eigenvalue weighted by molar-refractivity contribution is 5.93. The molecule has 3 aromatic rings. The number of nitrogens with zero attached hydrogens (tertiary/aromatic N) is 4. The number of benzene rings is 1. The predicted octanol–water partition coefficient (Wildman–Crippen LogP) is 2.75. The van der Waals surface area contributed by atoms with Crippen molar-refractivity contribution in [1.82, 2.24) is 19.8 Å². The Morgan fingerprint density at radius 3 is 2.78 bits per heavy atom. The van der Waals surface area contributed by atoms with Crippen LogP contribution in [0.25, 0.3) is 0 Å². The van der Waals surface area contributed by atoms with Crippen LogP contribution in [0.1, 0.15) is 34.6 Å². The van der Waals surface area contributed by atoms with Crippen molar-refractivity contribution in [1.29, 1.82) is 0 Å². The molecule has 0 N–H and O–H groups in total. The summed E-state index contributed by atoms with van der Waals surface area (Å²) in [6.45, 7) is 2.54. The molecule has 0 fully saturated rings. The normalized spacial score (nSPS) is 12.1. The topological polar surface area (TPSA) is 64.2 Å². The minimum absolute atomic E-state index is 0.0974. The van der Waals surface area contributed by atoms with Crippen LogP contribution in [0.3, 0.4) is 0 Å². The van der Waals surface area contributed by atoms with Crippen molar-refractivity contribution in [3.8, 4) is 0 Å². The molecule has 3 rings (SSSR count). The highest BCUT2D eigenvalue weighted by Crippen LogP contribution is 2.19. The van der Waals surface area contributed by atoms with E-state index in [2.05, 4.69) is 10.3 Å². The lowest BCUT2D eigenvalue weighted by atomic mass is 10.2. The fourth-order valence-electron chi connectivity index (χ4n) is 2.35. The Morgan fingerprint density at radius 2 is 2.09 bits per heavy atom. The van der Waals surface area contributed by atoms with E-state index in [9.17, 15) is 4.79 Å². The first-order valence-corrected chi connectivity index (χ1v) is 7.39. The van der Waals surface area contributed by atoms with Gasteiger partial charge in [-0.15, -0.1) is 0 Å². The average molecular weight is 310 g/mol. The third-order valence-electron chi connectivity index (χ3n) is 3.85. The zero-order chi connectivity index (χ0) is 16.2. The Labute approximate surface area is 134 Å². The summed E-state index contributed by atoms with van der Waals surface area (Å²) in [6.07, 6.45) is 4.86. The van der Waals surface area contributed by atoms with Crippen LogP contribution in [-0.2, 0) is 6.54 Å². The van der Waals surface area contributed by atoms with Gasteiger partial charge in [-0.2, -0.15) is 5.10 Å². The van der Waals surface area contributed by atoms with Gasteiger partial charge in [0.15, 0.2) is 0 Å². The number of amides is 1. The molecule has 6 nitrogen and oxygen atoms in total. The molecule has 1 unspecified atom stereocenters. The fourth-order valence-corrected chi connectivity index (χ4v) is 2.35. The van der Waals surface area contributed by atoms with E-state index in [4.69, 9.17) is 4.52 Å². The van der Waals surface area contributed by atoms with Gasteiger partial charge in [0.2, 0.25) is 0 Å². The van der Waals surface area contributed by atoms with Crippen molar-refractivity contribution in [3.05, 3.63) is 71.9 Å². The summed E-state index contributed by atoms with van der Waals surface area (Å²) in [7, 11) is 1.75. The quantitative estimate of drug-likeness (QED) is 0.727. The molecule has 0 aliphatic heterocycles. The van der Waals surface area contributed by atoms with Gasteiger partial charge in [0, 0.05) is 19.3 Å². The lowest BCUT2D eigenvalue weighted by molar-refractivity contribution is 0.0737. The Balaban J connectivity index is 1.71. The maximum absolute atomic E-state index is 12.6. The molecule has 118 valence electrons. The molecule has 0 spiro atoms. The monoisotopic (exact) mass is 310 g/mol. The standard InChI is InChI=1S/C17H18N4O2/c1-13(16-8-9-23-19-16)20(2)17(22)15-10-18-21(12-15)11-14-6-4-3-5-7-14/h3-10,12-13H,11H2,1-2H3. The molecule has 1 atom stereocenters. The number of carbonyl (C=O) groups is 1. The molecule has 1 amide bonds. The number of aromatic nitrogens is 3. The van der Waals surface area contributed by atoms with Crippen molar-refractivity contribution in [2.24, 2.45) is 0 Å². The van der Waals surface area contributed by atoms with E-state index < -0.39 is 0 Å². The van der Waals surface area contributed by atoms with E-state index >= 15 is 0 Å². The largest absolute Gasteiger partial charge is 0.364 e. The first kappa shape index (κ1) is 15.0. The van der Waals surface area contributed by atoms with Crippen LogP contribution in [0.4, 0.5) is 0 Å². The Kier molecular flexibility index (Phi) is 4.23. The Bertz CT molecular complexity index is 765. The second kappa shape index (κ2) is 6.48. The summed E-state index contributed by atoms with van der Waals surface area (Å²) in [6, 6.07) is 11.6. The van der Waals surface area contributed by atoms with Gasteiger partial charge in [0.1, 0.15) is 12.0 Å². The number of rotatable bonds is 5. The predicted molar refractivity (Wildman–Crippen MR) is 84.8 cm³/mol. The maximum atomic E-state index is 12.6. The van der Waals surface area contributed by atoms with Crippen molar-refractivity contribution in [2.75, 3.05) is 7.05 Å². The zero-order valence-corrected chi connectivity index (χ0v) is 13.1. The van der Waals surface area contributed by atoms with Crippen LogP contribution in [0, 0.1) is 0 Å². The minimum Gasteiger partial charge on any atom is -0.364 e. The van der Waals surface area contributed by atoms with Gasteiger partial charge in [0.25, 0.3) is 5.91 Å². The molecule has 0 bridgehead atoms. The molecular formula is C17H18N4O2. The summed E-state index contributed by atoms with van der Waals surface area (Å²) < 4.78 is 6.60. The average Bonchev–Trinajstić information content (AvgIpc) is 3.25. The molecule has 0 saturated heterocycles. The van der Waals surface area contributed by atoms with Gasteiger partial charge < -0.3 is 9.42 Å². The summed E-state index contributed by atoms with van der Waals surface area (Å²) in [5.74, 6) is -0.0974. The van der Waals surface area contributed by atoms with Crippen LogP contribution in [0.15, 0.2) is 59.6 Å². The molecule has 6 heteroatoms. The summed E-state index contributed by atoms with van der Waals surface area (Å²) in [5, 5.41) is 8.16. The summed E-state index contributed by atoms with van der Waals surface area (Å²) in [4.78, 5) is 14.2. The van der Waals surface area contributed by atoms with Crippen molar-refractivity contribution in [3.63, 3.8) is 0 Å². The highest BCUT2D eigenvalue weighted by Gasteiger charge is 2.21. The van der Waals surface area contributed by atoms with E-state index in [0.29, 0.717) is 12.1 Å². The number of hydrogen-bond acceptors (Lipinski definition) is 4. The Morgan fingerprint density at radius 1 is 1.30 bits per heavy atom. The molecule has 1 aromatic carbocycles. The van der Waals surface area contributed by atoms with Crippen LogP contribution in [0.2, 0.25) is 0 Å². The molecular weight excluding hydrogens is 292 g/mol. The maximum Gasteiger partial charge on any atom is 0.257 e. The molecule has 0 aliphatic rings. The fraction of sp³-hybridized carbons (Fsp3) is 0.235. The molecule has 0 radical (unpaired) electrons. The summed E-state index contributed by atoms with van der Waals surface area (Å²) in [5.41, 5.74) is 2.41. The van der Waals surface area contributed by atoms with Crippen molar-refractivity contribution in [2.45, 2.75) is 19.5 Å². The van der Waals surface area contributed by atoms with Gasteiger partial charge in [-0.1, -0.05) is 35.5 Å². The van der Waals surface area contributed by atoms with Crippen LogP contribution < -0.4 is 0 Å². The number of carbonyl (C=O) groups excluding carboxylic acids is 1. The third kappa shape index (κ3) is 3.31. The lowest BCUT2D eigenvalue weighted by Gasteiger charge is -2.22. The Hall–Kier alpha value is -2.89. The number of hydrogen-bond donors (Lipinski definition) is 0. The van der Waals surface area contributed by atoms with E-state index in [1.54, 1.807) is 35.1 Å². The first-order valence-electron chi connectivity index (χ1n) is 7.39. The van der Waals surface area contributed by atoms with E-state index in [-0.39, 0.29) is 11.9 Å². The SMILES string of the molecule is CC(c1ccon1)N(C)C(=O)c1cnn(Cc2ccccc2)c1. The molecule has 2 heterocycles. The van der Waals surface area contributed by atoms with Crippen molar-refractivity contribution < 1.29 is 9.32 Å². The van der Waals surface area contributed by atoms with Gasteiger partial charge in [0.05, 0.1) is 24.3 Å². The van der Waals surface area contributed by atoms with Crippen LogP contribution >= 0.6 is 0 Å². The van der Waals surface area contributed by atoms with Crippen LogP contribution in [-0.4, -0.2) is 32.8 Å². The first-order chi connectivity index (χ1) is 11.1. The second-order valence-electron chi connectivity index (χ2n) is 5.43. The van der Waals surface area contributed by atoms with Gasteiger partial charge in [-0.05, 0) is 12.5 Å². The third-order valence-corrected chi connectivity index (χ3v) is 3.85. The molecule has 0 saturated carbocycles. The van der Waals surface area contributed by atoms with E-state index in [1.807, 2.05) is 37.3 Å². The molecule has 2 aromatic heterocycles. The smallest absolute Gasteiger partial charge is 0.257 e. The van der Waals surface area contributed by atoms with Gasteiger partial charge in [-0.3, -0.25) is 9.48 Å². The van der Waals surface area contributed by atoms with E-state index in [0.717, 1.165) is 11.3 Å². The molecule has 0 aliphatic carbocycles. The zero-order valence-electron chi connectivity index (χ0n) is 13.1. The van der Waals surface area contributed by atoms with Gasteiger partial charge in [-0.25, -0.2) is 0 Å². The minimum atomic E-state index is -0.168. The van der Waals surface area contributed by atoms with E-state index in [1.165, 1.54) is 6.26 Å². The second-order valence-corrected chi connectivity index (χ2v) is 5.43. The van der Waals surface area contributed by atoms with Crippen molar-refractivity contribution >= 4 is 5.91 Å².